The first-order chi connectivity index (χ1) is 3.77. The van der Waals surface area contributed by atoms with Gasteiger partial charge in [0.15, 0.2) is 0 Å². The van der Waals surface area contributed by atoms with E-state index in [4.69, 9.17) is 5.73 Å². The third-order valence-electron chi connectivity index (χ3n) is 1.95. The van der Waals surface area contributed by atoms with Gasteiger partial charge >= 0.3 is 0 Å². The molecule has 0 saturated carbocycles. The van der Waals surface area contributed by atoms with Crippen molar-refractivity contribution in [3.8, 4) is 0 Å². The number of hydrogen-bond donors (Lipinski definition) is 2. The molecule has 10 heavy (non-hydrogen) atoms. The van der Waals surface area contributed by atoms with Crippen LogP contribution in [0.15, 0.2) is 0 Å². The molecule has 1 heterocycles. The molecule has 0 unspecified atom stereocenters. The fourth-order valence-electron chi connectivity index (χ4n) is 1.04. The second kappa shape index (κ2) is 5.19. The quantitative estimate of drug-likeness (QED) is 0.636. The number of halogens is 2. The molecule has 4 heteroatoms. The molecule has 0 bridgehead atoms. The average molecular weight is 187 g/mol. The molecule has 0 aromatic heterocycles. The van der Waals surface area contributed by atoms with Gasteiger partial charge in [0.05, 0.1) is 0 Å². The van der Waals surface area contributed by atoms with Crippen molar-refractivity contribution in [3.05, 3.63) is 0 Å². The Morgan fingerprint density at radius 2 is 2.10 bits per heavy atom. The number of nitrogens with two attached hydrogens (primary N) is 1. The summed E-state index contributed by atoms with van der Waals surface area (Å²) >= 11 is 0. The van der Waals surface area contributed by atoms with Crippen LogP contribution in [0.4, 0.5) is 0 Å². The minimum absolute atomic E-state index is 0. The molecule has 2 nitrogen and oxygen atoms in total. The van der Waals surface area contributed by atoms with Crippen LogP contribution < -0.4 is 11.1 Å². The molecule has 1 fully saturated rings. The fourth-order valence-corrected chi connectivity index (χ4v) is 1.04. The van der Waals surface area contributed by atoms with E-state index in [9.17, 15) is 0 Å². The van der Waals surface area contributed by atoms with E-state index in [-0.39, 0.29) is 24.8 Å². The van der Waals surface area contributed by atoms with Gasteiger partial charge in [0.1, 0.15) is 0 Å². The minimum atomic E-state index is 0. The Hall–Kier alpha value is 0.500. The first-order valence-corrected chi connectivity index (χ1v) is 3.18. The predicted molar refractivity (Wildman–Crippen MR) is 49.1 cm³/mol. The van der Waals surface area contributed by atoms with Crippen molar-refractivity contribution < 1.29 is 0 Å². The van der Waals surface area contributed by atoms with Gasteiger partial charge < -0.3 is 11.1 Å². The lowest BCUT2D eigenvalue weighted by Gasteiger charge is -2.18. The van der Waals surface area contributed by atoms with E-state index in [0.29, 0.717) is 5.41 Å². The highest BCUT2D eigenvalue weighted by atomic mass is 35.5. The van der Waals surface area contributed by atoms with Gasteiger partial charge in [-0.15, -0.1) is 24.8 Å². The van der Waals surface area contributed by atoms with Crippen molar-refractivity contribution in [2.24, 2.45) is 11.1 Å². The lowest BCUT2D eigenvalue weighted by molar-refractivity contribution is 0.379. The van der Waals surface area contributed by atoms with Gasteiger partial charge in [-0.05, 0) is 24.9 Å². The van der Waals surface area contributed by atoms with Crippen LogP contribution in [0.1, 0.15) is 13.3 Å². The predicted octanol–water partition coefficient (Wildman–Crippen LogP) is 0.788. The summed E-state index contributed by atoms with van der Waals surface area (Å²) < 4.78 is 0. The summed E-state index contributed by atoms with van der Waals surface area (Å²) in [6.07, 6.45) is 1.24. The molecule has 1 saturated heterocycles. The van der Waals surface area contributed by atoms with E-state index in [1.165, 1.54) is 6.42 Å². The van der Waals surface area contributed by atoms with Gasteiger partial charge in [0.2, 0.25) is 0 Å². The second-order valence-electron chi connectivity index (χ2n) is 2.94. The molecule has 0 amide bonds. The van der Waals surface area contributed by atoms with Crippen molar-refractivity contribution in [2.75, 3.05) is 19.6 Å². The SMILES string of the molecule is C[C@]1(CN)CCNC1.Cl.Cl. The highest BCUT2D eigenvalue weighted by Crippen LogP contribution is 2.21. The lowest BCUT2D eigenvalue weighted by Crippen LogP contribution is -2.29. The van der Waals surface area contributed by atoms with Gasteiger partial charge in [-0.2, -0.15) is 0 Å². The van der Waals surface area contributed by atoms with Crippen LogP contribution in [0.2, 0.25) is 0 Å². The summed E-state index contributed by atoms with van der Waals surface area (Å²) in [4.78, 5) is 0. The molecular weight excluding hydrogens is 171 g/mol. The van der Waals surface area contributed by atoms with E-state index in [0.717, 1.165) is 19.6 Å². The van der Waals surface area contributed by atoms with Gasteiger partial charge in [0.25, 0.3) is 0 Å². The highest BCUT2D eigenvalue weighted by Gasteiger charge is 2.25. The first-order valence-electron chi connectivity index (χ1n) is 3.18. The molecule has 64 valence electrons. The zero-order chi connectivity index (χ0) is 6.04. The normalized spacial score (nSPS) is 30.6. The maximum absolute atomic E-state index is 5.53. The highest BCUT2D eigenvalue weighted by molar-refractivity contribution is 5.85. The number of nitrogens with one attached hydrogen (secondary N) is 1. The van der Waals surface area contributed by atoms with Crippen LogP contribution in [0.25, 0.3) is 0 Å². The number of hydrogen-bond acceptors (Lipinski definition) is 2. The Morgan fingerprint density at radius 3 is 2.30 bits per heavy atom. The Balaban J connectivity index is 0. The second-order valence-corrected chi connectivity index (χ2v) is 2.94. The molecule has 0 spiro atoms. The van der Waals surface area contributed by atoms with E-state index in [1.54, 1.807) is 0 Å². The van der Waals surface area contributed by atoms with Gasteiger partial charge in [-0.1, -0.05) is 6.92 Å². The molecule has 0 aliphatic carbocycles. The van der Waals surface area contributed by atoms with Crippen LogP contribution in [-0.4, -0.2) is 19.6 Å². The molecule has 0 aromatic rings. The van der Waals surface area contributed by atoms with Crippen LogP contribution in [0.3, 0.4) is 0 Å². The third kappa shape index (κ3) is 3.06. The molecule has 0 aromatic carbocycles. The standard InChI is InChI=1S/C6H14N2.2ClH/c1-6(4-7)2-3-8-5-6;;/h8H,2-5,7H2,1H3;2*1H/t6-;;/m1../s1. The molecule has 1 aliphatic rings. The maximum Gasteiger partial charge on any atom is 0.00177 e. The summed E-state index contributed by atoms with van der Waals surface area (Å²) in [6, 6.07) is 0. The van der Waals surface area contributed by atoms with Gasteiger partial charge in [0, 0.05) is 6.54 Å². The van der Waals surface area contributed by atoms with Crippen LogP contribution >= 0.6 is 24.8 Å². The fraction of sp³-hybridized carbons (Fsp3) is 1.00. The molecule has 1 aliphatic heterocycles. The molecular formula is C6H16Cl2N2. The Labute approximate surface area is 74.8 Å². The maximum atomic E-state index is 5.53. The smallest absolute Gasteiger partial charge is 0.00177 e. The summed E-state index contributed by atoms with van der Waals surface area (Å²) in [6.45, 7) is 5.30. The average Bonchev–Trinajstić information content (AvgIpc) is 2.17. The minimum Gasteiger partial charge on any atom is -0.330 e. The van der Waals surface area contributed by atoms with Crippen LogP contribution in [0.5, 0.6) is 0 Å². The zero-order valence-electron chi connectivity index (χ0n) is 6.22. The van der Waals surface area contributed by atoms with Gasteiger partial charge in [-0.3, -0.25) is 0 Å². The summed E-state index contributed by atoms with van der Waals surface area (Å²) in [5.41, 5.74) is 5.93. The molecule has 1 rings (SSSR count). The topological polar surface area (TPSA) is 38.0 Å². The zero-order valence-corrected chi connectivity index (χ0v) is 7.86. The van der Waals surface area contributed by atoms with E-state index in [1.807, 2.05) is 0 Å². The third-order valence-corrected chi connectivity index (χ3v) is 1.95. The van der Waals surface area contributed by atoms with Crippen molar-refractivity contribution in [1.82, 2.24) is 5.32 Å². The van der Waals surface area contributed by atoms with E-state index < -0.39 is 0 Å². The Kier molecular flexibility index (Phi) is 6.81. The molecule has 3 N–H and O–H groups in total. The Bertz CT molecular complexity index is 81.8. The van der Waals surface area contributed by atoms with Crippen molar-refractivity contribution in [2.45, 2.75) is 13.3 Å². The van der Waals surface area contributed by atoms with Gasteiger partial charge in [-0.25, -0.2) is 0 Å². The van der Waals surface area contributed by atoms with Crippen molar-refractivity contribution in [3.63, 3.8) is 0 Å². The first kappa shape index (κ1) is 13.1. The van der Waals surface area contributed by atoms with E-state index >= 15 is 0 Å². The molecule has 1 atom stereocenters. The van der Waals surface area contributed by atoms with E-state index in [2.05, 4.69) is 12.2 Å². The van der Waals surface area contributed by atoms with Crippen LogP contribution in [-0.2, 0) is 0 Å². The largest absolute Gasteiger partial charge is 0.330 e. The van der Waals surface area contributed by atoms with Crippen molar-refractivity contribution in [1.29, 1.82) is 0 Å². The number of rotatable bonds is 1. The van der Waals surface area contributed by atoms with Crippen LogP contribution in [0, 0.1) is 5.41 Å². The van der Waals surface area contributed by atoms with Crippen molar-refractivity contribution >= 4 is 24.8 Å². The Morgan fingerprint density at radius 1 is 1.50 bits per heavy atom. The summed E-state index contributed by atoms with van der Waals surface area (Å²) in [5.74, 6) is 0. The monoisotopic (exact) mass is 186 g/mol. The lowest BCUT2D eigenvalue weighted by atomic mass is 9.90. The summed E-state index contributed by atoms with van der Waals surface area (Å²) in [5, 5.41) is 3.28. The summed E-state index contributed by atoms with van der Waals surface area (Å²) in [7, 11) is 0. The molecule has 0 radical (unpaired) electrons.